The molecule has 0 atom stereocenters. The summed E-state index contributed by atoms with van der Waals surface area (Å²) >= 11 is 5.82. The van der Waals surface area contributed by atoms with Crippen LogP contribution in [0.2, 0.25) is 5.02 Å². The molecule has 3 heterocycles. The predicted octanol–water partition coefficient (Wildman–Crippen LogP) is 2.03. The molecule has 1 N–H and O–H groups in total. The van der Waals surface area contributed by atoms with Gasteiger partial charge in [-0.1, -0.05) is 11.6 Å². The Morgan fingerprint density at radius 3 is 2.38 bits per heavy atom. The number of hydrogen-bond acceptors (Lipinski definition) is 3. The summed E-state index contributed by atoms with van der Waals surface area (Å²) in [6.45, 7) is 2.26. The molecule has 2 fully saturated rings. The van der Waals surface area contributed by atoms with Gasteiger partial charge in [0.25, 0.3) is 5.91 Å². The fourth-order valence-electron chi connectivity index (χ4n) is 3.26. The molecule has 4 rings (SSSR count). The lowest BCUT2D eigenvalue weighted by Crippen LogP contribution is -2.54. The zero-order valence-corrected chi connectivity index (χ0v) is 14.5. The number of fused-ring (bicyclic) bond motifs is 1. The van der Waals surface area contributed by atoms with E-state index in [0.717, 1.165) is 6.07 Å². The van der Waals surface area contributed by atoms with Gasteiger partial charge in [0, 0.05) is 26.2 Å². The lowest BCUT2D eigenvalue weighted by molar-refractivity contribution is -0.151. The van der Waals surface area contributed by atoms with Crippen molar-refractivity contribution in [3.05, 3.63) is 34.5 Å². The molecular formula is C17H16ClF2N3O3. The maximum atomic E-state index is 14.6. The Bertz CT molecular complexity index is 889. The highest BCUT2D eigenvalue weighted by molar-refractivity contribution is 6.35. The summed E-state index contributed by atoms with van der Waals surface area (Å²) in [6, 6.07) is 2.46. The van der Waals surface area contributed by atoms with Crippen LogP contribution in [0.15, 0.2) is 12.1 Å². The lowest BCUT2D eigenvalue weighted by atomic mass is 10.1. The highest BCUT2D eigenvalue weighted by Crippen LogP contribution is 2.31. The molecule has 2 aliphatic rings. The molecule has 0 spiro atoms. The van der Waals surface area contributed by atoms with E-state index in [1.165, 1.54) is 11.0 Å². The van der Waals surface area contributed by atoms with Gasteiger partial charge in [-0.2, -0.15) is 0 Å². The van der Waals surface area contributed by atoms with Crippen LogP contribution in [0, 0.1) is 17.6 Å². The van der Waals surface area contributed by atoms with E-state index in [0.29, 0.717) is 39.4 Å². The number of halogens is 3. The maximum absolute atomic E-state index is 14.6. The highest BCUT2D eigenvalue weighted by atomic mass is 35.5. The van der Waals surface area contributed by atoms with Crippen LogP contribution in [-0.2, 0) is 9.53 Å². The number of piperazine rings is 1. The Morgan fingerprint density at radius 2 is 1.77 bits per heavy atom. The van der Waals surface area contributed by atoms with Crippen LogP contribution >= 0.6 is 11.6 Å². The number of nitrogens with one attached hydrogen (secondary N) is 1. The third-order valence-electron chi connectivity index (χ3n) is 4.87. The lowest BCUT2D eigenvalue weighted by Gasteiger charge is -2.38. The summed E-state index contributed by atoms with van der Waals surface area (Å²) in [4.78, 5) is 30.7. The molecule has 0 bridgehead atoms. The van der Waals surface area contributed by atoms with E-state index in [2.05, 4.69) is 4.98 Å². The molecular weight excluding hydrogens is 368 g/mol. The minimum Gasteiger partial charge on any atom is -0.380 e. The first-order valence-electron chi connectivity index (χ1n) is 8.28. The second kappa shape index (κ2) is 6.51. The normalized spacial score (nSPS) is 18.3. The molecule has 1 aromatic carbocycles. The molecule has 2 saturated heterocycles. The van der Waals surface area contributed by atoms with Crippen molar-refractivity contribution in [3.63, 3.8) is 0 Å². The predicted molar refractivity (Wildman–Crippen MR) is 90.0 cm³/mol. The second-order valence-corrected chi connectivity index (χ2v) is 6.83. The van der Waals surface area contributed by atoms with Crippen molar-refractivity contribution >= 4 is 34.3 Å². The maximum Gasteiger partial charge on any atom is 0.273 e. The van der Waals surface area contributed by atoms with Crippen LogP contribution < -0.4 is 0 Å². The van der Waals surface area contributed by atoms with E-state index in [1.54, 1.807) is 4.90 Å². The van der Waals surface area contributed by atoms with Gasteiger partial charge in [0.15, 0.2) is 5.82 Å². The van der Waals surface area contributed by atoms with Gasteiger partial charge in [0.05, 0.1) is 35.1 Å². The van der Waals surface area contributed by atoms with Gasteiger partial charge in [0.2, 0.25) is 5.91 Å². The van der Waals surface area contributed by atoms with Crippen LogP contribution in [0.4, 0.5) is 8.78 Å². The molecule has 0 unspecified atom stereocenters. The number of amides is 2. The summed E-state index contributed by atoms with van der Waals surface area (Å²) in [6.07, 6.45) is 0. The van der Waals surface area contributed by atoms with Crippen molar-refractivity contribution < 1.29 is 23.1 Å². The molecule has 0 aliphatic carbocycles. The number of benzene rings is 1. The van der Waals surface area contributed by atoms with E-state index in [9.17, 15) is 18.4 Å². The number of ether oxygens (including phenoxy) is 1. The molecule has 9 heteroatoms. The van der Waals surface area contributed by atoms with Gasteiger partial charge in [-0.25, -0.2) is 8.78 Å². The summed E-state index contributed by atoms with van der Waals surface area (Å²) < 4.78 is 33.2. The van der Waals surface area contributed by atoms with Crippen molar-refractivity contribution in [2.24, 2.45) is 5.92 Å². The summed E-state index contributed by atoms with van der Waals surface area (Å²) in [7, 11) is 0. The van der Waals surface area contributed by atoms with Crippen molar-refractivity contribution in [1.82, 2.24) is 14.8 Å². The standard InChI is InChI=1S/C17H16ClF2N3O3/c18-13-10(19)1-2-11-12(13)14(20)15(21-11)17(25)23-5-3-22(4-6-23)16(24)9-7-26-8-9/h1-2,9,21H,3-8H2. The zero-order chi connectivity index (χ0) is 18.4. The Balaban J connectivity index is 1.50. The third-order valence-corrected chi connectivity index (χ3v) is 5.24. The van der Waals surface area contributed by atoms with Crippen molar-refractivity contribution in [2.45, 2.75) is 0 Å². The molecule has 26 heavy (non-hydrogen) atoms. The highest BCUT2D eigenvalue weighted by Gasteiger charge is 2.34. The third kappa shape index (κ3) is 2.73. The quantitative estimate of drug-likeness (QED) is 0.863. The fraction of sp³-hybridized carbons (Fsp3) is 0.412. The average molecular weight is 384 g/mol. The SMILES string of the molecule is O=C(c1[nH]c2ccc(F)c(Cl)c2c1F)N1CCN(C(=O)C2COC2)CC1. The first kappa shape index (κ1) is 17.2. The summed E-state index contributed by atoms with van der Waals surface area (Å²) in [5.74, 6) is -2.21. The minimum absolute atomic E-state index is 0.0300. The Hall–Kier alpha value is -2.19. The number of aromatic amines is 1. The first-order valence-corrected chi connectivity index (χ1v) is 8.66. The van der Waals surface area contributed by atoms with Crippen LogP contribution in [0.5, 0.6) is 0 Å². The fourth-order valence-corrected chi connectivity index (χ4v) is 3.50. The number of H-pyrrole nitrogens is 1. The van der Waals surface area contributed by atoms with Gasteiger partial charge in [-0.3, -0.25) is 9.59 Å². The largest absolute Gasteiger partial charge is 0.380 e. The van der Waals surface area contributed by atoms with E-state index < -0.39 is 17.5 Å². The Morgan fingerprint density at radius 1 is 1.12 bits per heavy atom. The molecule has 0 radical (unpaired) electrons. The van der Waals surface area contributed by atoms with Gasteiger partial charge >= 0.3 is 0 Å². The average Bonchev–Trinajstić information content (AvgIpc) is 2.93. The summed E-state index contributed by atoms with van der Waals surface area (Å²) in [5, 5.41) is -0.484. The number of carbonyl (C=O) groups is 2. The number of nitrogens with zero attached hydrogens (tertiary/aromatic N) is 2. The van der Waals surface area contributed by atoms with Gasteiger partial charge in [0.1, 0.15) is 11.5 Å². The van der Waals surface area contributed by atoms with Crippen LogP contribution in [0.3, 0.4) is 0 Å². The number of aromatic nitrogens is 1. The topological polar surface area (TPSA) is 65.6 Å². The van der Waals surface area contributed by atoms with Gasteiger partial charge in [-0.05, 0) is 12.1 Å². The molecule has 6 nitrogen and oxygen atoms in total. The second-order valence-electron chi connectivity index (χ2n) is 6.45. The number of rotatable bonds is 2. The monoisotopic (exact) mass is 383 g/mol. The molecule has 0 saturated carbocycles. The van der Waals surface area contributed by atoms with Crippen molar-refractivity contribution in [1.29, 1.82) is 0 Å². The Kier molecular flexibility index (Phi) is 4.32. The Labute approximate surface area is 152 Å². The first-order chi connectivity index (χ1) is 12.5. The van der Waals surface area contributed by atoms with E-state index >= 15 is 0 Å². The smallest absolute Gasteiger partial charge is 0.273 e. The van der Waals surface area contributed by atoms with Crippen LogP contribution in [0.1, 0.15) is 10.5 Å². The van der Waals surface area contributed by atoms with Crippen LogP contribution in [0.25, 0.3) is 10.9 Å². The molecule has 1 aromatic heterocycles. The molecule has 138 valence electrons. The number of hydrogen-bond donors (Lipinski definition) is 1. The van der Waals surface area contributed by atoms with Crippen molar-refractivity contribution in [3.8, 4) is 0 Å². The molecule has 2 amide bonds. The van der Waals surface area contributed by atoms with Crippen LogP contribution in [-0.4, -0.2) is 66.0 Å². The van der Waals surface area contributed by atoms with Gasteiger partial charge in [-0.15, -0.1) is 0 Å². The van der Waals surface area contributed by atoms with E-state index in [4.69, 9.17) is 16.3 Å². The van der Waals surface area contributed by atoms with E-state index in [1.807, 2.05) is 0 Å². The zero-order valence-electron chi connectivity index (χ0n) is 13.7. The van der Waals surface area contributed by atoms with E-state index in [-0.39, 0.29) is 33.4 Å². The molecule has 2 aliphatic heterocycles. The van der Waals surface area contributed by atoms with Crippen molar-refractivity contribution in [2.75, 3.05) is 39.4 Å². The van der Waals surface area contributed by atoms with Gasteiger partial charge < -0.3 is 19.5 Å². The molecule has 2 aromatic rings. The number of carbonyl (C=O) groups excluding carboxylic acids is 2. The summed E-state index contributed by atoms with van der Waals surface area (Å²) in [5.41, 5.74) is 0.00992. The minimum atomic E-state index is -0.861.